The lowest BCUT2D eigenvalue weighted by Crippen LogP contribution is -2.24. The van der Waals surface area contributed by atoms with E-state index in [1.165, 1.54) is 18.0 Å². The SMILES string of the molecule is COC(=O)c1cn(CC(O)COC(C)C)nn1. The van der Waals surface area contributed by atoms with E-state index in [1.807, 2.05) is 13.8 Å². The fraction of sp³-hybridized carbons (Fsp3) is 0.700. The lowest BCUT2D eigenvalue weighted by atomic mass is 10.3. The molecule has 0 spiro atoms. The average Bonchev–Trinajstić information content (AvgIpc) is 2.73. The van der Waals surface area contributed by atoms with Gasteiger partial charge in [0.05, 0.1) is 38.7 Å². The van der Waals surface area contributed by atoms with Crippen molar-refractivity contribution in [2.24, 2.45) is 0 Å². The highest BCUT2D eigenvalue weighted by Crippen LogP contribution is 1.99. The Morgan fingerprint density at radius 3 is 2.88 bits per heavy atom. The van der Waals surface area contributed by atoms with Crippen molar-refractivity contribution in [3.63, 3.8) is 0 Å². The summed E-state index contributed by atoms with van der Waals surface area (Å²) in [5.41, 5.74) is 0.115. The highest BCUT2D eigenvalue weighted by molar-refractivity contribution is 5.86. The third-order valence-corrected chi connectivity index (χ3v) is 1.95. The number of aromatic nitrogens is 3. The third-order valence-electron chi connectivity index (χ3n) is 1.95. The van der Waals surface area contributed by atoms with Crippen LogP contribution in [0, 0.1) is 0 Å². The topological polar surface area (TPSA) is 86.5 Å². The van der Waals surface area contributed by atoms with Crippen molar-refractivity contribution in [2.45, 2.75) is 32.6 Å². The lowest BCUT2D eigenvalue weighted by Gasteiger charge is -2.12. The van der Waals surface area contributed by atoms with Crippen molar-refractivity contribution < 1.29 is 19.4 Å². The van der Waals surface area contributed by atoms with Crippen LogP contribution in [0.5, 0.6) is 0 Å². The molecule has 1 rings (SSSR count). The molecule has 1 aromatic rings. The van der Waals surface area contributed by atoms with Gasteiger partial charge < -0.3 is 14.6 Å². The van der Waals surface area contributed by atoms with Gasteiger partial charge in [0.15, 0.2) is 5.69 Å². The van der Waals surface area contributed by atoms with Crippen LogP contribution in [0.2, 0.25) is 0 Å². The van der Waals surface area contributed by atoms with Crippen LogP contribution in [0.3, 0.4) is 0 Å². The molecule has 7 nitrogen and oxygen atoms in total. The number of carbonyl (C=O) groups is 1. The van der Waals surface area contributed by atoms with Crippen LogP contribution in [-0.2, 0) is 16.0 Å². The molecule has 7 heteroatoms. The molecule has 1 atom stereocenters. The van der Waals surface area contributed by atoms with Crippen molar-refractivity contribution >= 4 is 5.97 Å². The monoisotopic (exact) mass is 243 g/mol. The highest BCUT2D eigenvalue weighted by atomic mass is 16.5. The van der Waals surface area contributed by atoms with Gasteiger partial charge in [0.1, 0.15) is 0 Å². The molecule has 1 aromatic heterocycles. The zero-order valence-corrected chi connectivity index (χ0v) is 10.2. The summed E-state index contributed by atoms with van der Waals surface area (Å²) in [6.45, 7) is 4.21. The second-order valence-corrected chi connectivity index (χ2v) is 3.85. The summed E-state index contributed by atoms with van der Waals surface area (Å²) in [7, 11) is 1.27. The minimum atomic E-state index is -0.690. The predicted molar refractivity (Wildman–Crippen MR) is 58.5 cm³/mol. The minimum absolute atomic E-state index is 0.0611. The third kappa shape index (κ3) is 4.49. The minimum Gasteiger partial charge on any atom is -0.464 e. The number of methoxy groups -OCH3 is 1. The molecule has 1 heterocycles. The van der Waals surface area contributed by atoms with E-state index in [1.54, 1.807) is 0 Å². The Balaban J connectivity index is 2.46. The Labute approximate surface area is 99.3 Å². The highest BCUT2D eigenvalue weighted by Gasteiger charge is 2.13. The van der Waals surface area contributed by atoms with Crippen LogP contribution in [-0.4, -0.2) is 52.0 Å². The first kappa shape index (κ1) is 13.6. The van der Waals surface area contributed by atoms with Crippen LogP contribution >= 0.6 is 0 Å². The quantitative estimate of drug-likeness (QED) is 0.699. The first-order chi connectivity index (χ1) is 8.02. The normalized spacial score (nSPS) is 12.8. The number of nitrogens with zero attached hydrogens (tertiary/aromatic N) is 3. The number of hydrogen-bond donors (Lipinski definition) is 1. The van der Waals surface area contributed by atoms with Gasteiger partial charge in [-0.25, -0.2) is 9.48 Å². The number of hydrogen-bond acceptors (Lipinski definition) is 6. The van der Waals surface area contributed by atoms with Gasteiger partial charge in [-0.1, -0.05) is 5.21 Å². The van der Waals surface area contributed by atoms with Gasteiger partial charge >= 0.3 is 5.97 Å². The lowest BCUT2D eigenvalue weighted by molar-refractivity contribution is -0.00221. The molecule has 0 aliphatic heterocycles. The van der Waals surface area contributed by atoms with E-state index in [0.29, 0.717) is 0 Å². The van der Waals surface area contributed by atoms with Crippen LogP contribution < -0.4 is 0 Å². The molecule has 0 radical (unpaired) electrons. The van der Waals surface area contributed by atoms with E-state index in [-0.39, 0.29) is 24.9 Å². The van der Waals surface area contributed by atoms with Gasteiger partial charge in [-0.05, 0) is 13.8 Å². The van der Waals surface area contributed by atoms with E-state index in [4.69, 9.17) is 4.74 Å². The van der Waals surface area contributed by atoms with Crippen LogP contribution in [0.1, 0.15) is 24.3 Å². The van der Waals surface area contributed by atoms with E-state index >= 15 is 0 Å². The molecule has 0 aromatic carbocycles. The predicted octanol–water partition coefficient (Wildman–Crippen LogP) is -0.149. The Morgan fingerprint density at radius 2 is 2.29 bits per heavy atom. The molecule has 0 fully saturated rings. The first-order valence-electron chi connectivity index (χ1n) is 5.31. The van der Waals surface area contributed by atoms with Crippen molar-refractivity contribution in [1.29, 1.82) is 0 Å². The summed E-state index contributed by atoms with van der Waals surface area (Å²) in [4.78, 5) is 11.1. The van der Waals surface area contributed by atoms with E-state index in [9.17, 15) is 9.90 Å². The molecule has 17 heavy (non-hydrogen) atoms. The van der Waals surface area contributed by atoms with Gasteiger partial charge in [0, 0.05) is 0 Å². The molecule has 0 aliphatic rings. The van der Waals surface area contributed by atoms with Crippen molar-refractivity contribution in [2.75, 3.05) is 13.7 Å². The average molecular weight is 243 g/mol. The summed E-state index contributed by atoms with van der Waals surface area (Å²) < 4.78 is 11.1. The smallest absolute Gasteiger partial charge is 0.360 e. The first-order valence-corrected chi connectivity index (χ1v) is 5.31. The van der Waals surface area contributed by atoms with Gasteiger partial charge in [-0.15, -0.1) is 5.10 Å². The molecule has 0 bridgehead atoms. The molecule has 1 N–H and O–H groups in total. The van der Waals surface area contributed by atoms with Crippen LogP contribution in [0.25, 0.3) is 0 Å². The van der Waals surface area contributed by atoms with Gasteiger partial charge in [0.25, 0.3) is 0 Å². The van der Waals surface area contributed by atoms with Gasteiger partial charge in [-0.3, -0.25) is 0 Å². The Kier molecular flexibility index (Phi) is 5.05. The van der Waals surface area contributed by atoms with Crippen LogP contribution in [0.15, 0.2) is 6.20 Å². The maximum absolute atomic E-state index is 11.1. The van der Waals surface area contributed by atoms with Crippen molar-refractivity contribution in [3.8, 4) is 0 Å². The van der Waals surface area contributed by atoms with Crippen molar-refractivity contribution in [3.05, 3.63) is 11.9 Å². The summed E-state index contributed by atoms with van der Waals surface area (Å²) in [6.07, 6.45) is 0.792. The van der Waals surface area contributed by atoms with Gasteiger partial charge in [-0.2, -0.15) is 0 Å². The Bertz CT molecular complexity index is 364. The standard InChI is InChI=1S/C10H17N3O4/c1-7(2)17-6-8(14)4-13-5-9(11-12-13)10(15)16-3/h5,7-8,14H,4,6H2,1-3H3. The zero-order chi connectivity index (χ0) is 12.8. The number of aliphatic hydroxyl groups is 1. The molecule has 1 unspecified atom stereocenters. The molecule has 0 saturated heterocycles. The molecular formula is C10H17N3O4. The molecule has 96 valence electrons. The van der Waals surface area contributed by atoms with E-state index < -0.39 is 12.1 Å². The number of carbonyl (C=O) groups excluding carboxylic acids is 1. The summed E-state index contributed by atoms with van der Waals surface area (Å²) >= 11 is 0. The molecule has 0 aliphatic carbocycles. The number of aliphatic hydroxyl groups excluding tert-OH is 1. The summed E-state index contributed by atoms with van der Waals surface area (Å²) in [5, 5.41) is 17.0. The molecular weight excluding hydrogens is 226 g/mol. The fourth-order valence-corrected chi connectivity index (χ4v) is 1.16. The summed E-state index contributed by atoms with van der Waals surface area (Å²) in [5.74, 6) is -0.552. The number of ether oxygens (including phenoxy) is 2. The maximum atomic E-state index is 11.1. The molecule has 0 saturated carbocycles. The number of rotatable bonds is 6. The fourth-order valence-electron chi connectivity index (χ4n) is 1.16. The van der Waals surface area contributed by atoms with Crippen molar-refractivity contribution in [1.82, 2.24) is 15.0 Å². The summed E-state index contributed by atoms with van der Waals surface area (Å²) in [6, 6.07) is 0. The number of esters is 1. The maximum Gasteiger partial charge on any atom is 0.360 e. The second kappa shape index (κ2) is 6.31. The van der Waals surface area contributed by atoms with E-state index in [0.717, 1.165) is 0 Å². The Morgan fingerprint density at radius 1 is 1.59 bits per heavy atom. The van der Waals surface area contributed by atoms with Gasteiger partial charge in [0.2, 0.25) is 0 Å². The Hall–Kier alpha value is -1.47. The zero-order valence-electron chi connectivity index (χ0n) is 10.2. The van der Waals surface area contributed by atoms with Crippen LogP contribution in [0.4, 0.5) is 0 Å². The molecule has 0 amide bonds. The second-order valence-electron chi connectivity index (χ2n) is 3.85. The largest absolute Gasteiger partial charge is 0.464 e. The van der Waals surface area contributed by atoms with E-state index in [2.05, 4.69) is 15.0 Å².